The molecule has 0 radical (unpaired) electrons. The average molecular weight is 444 g/mol. The number of fused-ring (bicyclic) bond motifs is 1. The normalized spacial score (nSPS) is 12.4. The zero-order valence-electron chi connectivity index (χ0n) is 18.7. The van der Waals surface area contributed by atoms with Crippen molar-refractivity contribution in [1.82, 2.24) is 20.4 Å². The summed E-state index contributed by atoms with van der Waals surface area (Å²) in [7, 11) is 0. The molecular formula is C23H30ClN5O2. The first kappa shape index (κ1) is 23.0. The van der Waals surface area contributed by atoms with Crippen molar-refractivity contribution in [1.29, 1.82) is 0 Å². The summed E-state index contributed by atoms with van der Waals surface area (Å²) in [5, 5.41) is 20.9. The highest BCUT2D eigenvalue weighted by molar-refractivity contribution is 6.31. The standard InChI is InChI=1S/C23H30ClN5O2/c1-22(2,3)13-23(4,5)16-10-14(6-9-20(30)26-25)11-19(21(16)31)29-27-17-8-7-15(24)12-18(17)28-29/h7-8,10-12,31H,6,9,13,25H2,1-5H3,(H,26,30). The molecular weight excluding hydrogens is 414 g/mol. The Morgan fingerprint density at radius 2 is 1.81 bits per heavy atom. The lowest BCUT2D eigenvalue weighted by atomic mass is 9.71. The van der Waals surface area contributed by atoms with Crippen LogP contribution in [-0.4, -0.2) is 26.0 Å². The van der Waals surface area contributed by atoms with E-state index in [-0.39, 0.29) is 28.9 Å². The second-order valence-electron chi connectivity index (χ2n) is 9.82. The van der Waals surface area contributed by atoms with E-state index in [9.17, 15) is 9.90 Å². The molecule has 0 fully saturated rings. The van der Waals surface area contributed by atoms with Crippen molar-refractivity contribution in [3.63, 3.8) is 0 Å². The summed E-state index contributed by atoms with van der Waals surface area (Å²) in [4.78, 5) is 13.1. The maximum absolute atomic E-state index is 11.7. The fraction of sp³-hybridized carbons (Fsp3) is 0.435. The van der Waals surface area contributed by atoms with Crippen LogP contribution in [0.15, 0.2) is 30.3 Å². The monoisotopic (exact) mass is 443 g/mol. The number of hydrogen-bond donors (Lipinski definition) is 3. The van der Waals surface area contributed by atoms with Gasteiger partial charge in [0.2, 0.25) is 5.91 Å². The number of carbonyl (C=O) groups excluding carboxylic acids is 1. The van der Waals surface area contributed by atoms with E-state index in [1.54, 1.807) is 18.2 Å². The van der Waals surface area contributed by atoms with Gasteiger partial charge in [0.1, 0.15) is 22.5 Å². The van der Waals surface area contributed by atoms with Crippen molar-refractivity contribution in [2.24, 2.45) is 11.3 Å². The van der Waals surface area contributed by atoms with Gasteiger partial charge in [0.05, 0.1) is 0 Å². The zero-order chi connectivity index (χ0) is 23.0. The number of nitrogens with zero attached hydrogens (tertiary/aromatic N) is 3. The number of hydrazine groups is 1. The van der Waals surface area contributed by atoms with Crippen LogP contribution in [0.1, 0.15) is 58.6 Å². The largest absolute Gasteiger partial charge is 0.505 e. The topological polar surface area (TPSA) is 106 Å². The van der Waals surface area contributed by atoms with Crippen LogP contribution in [-0.2, 0) is 16.6 Å². The third kappa shape index (κ3) is 5.35. The van der Waals surface area contributed by atoms with Crippen molar-refractivity contribution < 1.29 is 9.90 Å². The maximum atomic E-state index is 11.7. The van der Waals surface area contributed by atoms with Crippen LogP contribution in [0.3, 0.4) is 0 Å². The van der Waals surface area contributed by atoms with Gasteiger partial charge in [-0.25, -0.2) is 5.84 Å². The van der Waals surface area contributed by atoms with Crippen molar-refractivity contribution in [2.45, 2.75) is 59.3 Å². The second kappa shape index (κ2) is 8.48. The van der Waals surface area contributed by atoms with Gasteiger partial charge in [-0.2, -0.15) is 0 Å². The van der Waals surface area contributed by atoms with Crippen molar-refractivity contribution >= 4 is 28.5 Å². The summed E-state index contributed by atoms with van der Waals surface area (Å²) < 4.78 is 0. The molecule has 1 aromatic heterocycles. The molecule has 0 aliphatic heterocycles. The molecule has 3 aromatic rings. The molecule has 0 atom stereocenters. The summed E-state index contributed by atoms with van der Waals surface area (Å²) in [5.74, 6) is 5.12. The van der Waals surface area contributed by atoms with E-state index in [1.807, 2.05) is 12.1 Å². The molecule has 1 heterocycles. The predicted octanol–water partition coefficient (Wildman–Crippen LogP) is 4.42. The van der Waals surface area contributed by atoms with E-state index in [4.69, 9.17) is 17.4 Å². The van der Waals surface area contributed by atoms with Gasteiger partial charge in [0.25, 0.3) is 0 Å². The minimum absolute atomic E-state index is 0.0565. The Labute approximate surface area is 187 Å². The van der Waals surface area contributed by atoms with E-state index in [2.05, 4.69) is 50.2 Å². The van der Waals surface area contributed by atoms with E-state index < -0.39 is 0 Å². The number of amides is 1. The molecule has 3 rings (SSSR count). The van der Waals surface area contributed by atoms with Gasteiger partial charge in [-0.3, -0.25) is 10.2 Å². The summed E-state index contributed by atoms with van der Waals surface area (Å²) in [6.45, 7) is 10.7. The lowest BCUT2D eigenvalue weighted by Gasteiger charge is -2.34. The highest BCUT2D eigenvalue weighted by Gasteiger charge is 2.31. The van der Waals surface area contributed by atoms with Crippen LogP contribution >= 0.6 is 11.6 Å². The first-order valence-corrected chi connectivity index (χ1v) is 10.7. The number of nitrogens with two attached hydrogens (primary N) is 1. The fourth-order valence-corrected chi connectivity index (χ4v) is 4.40. The number of aromatic hydroxyl groups is 1. The van der Waals surface area contributed by atoms with Crippen LogP contribution < -0.4 is 11.3 Å². The van der Waals surface area contributed by atoms with E-state index in [1.165, 1.54) is 4.80 Å². The van der Waals surface area contributed by atoms with Gasteiger partial charge in [-0.1, -0.05) is 52.3 Å². The molecule has 0 saturated carbocycles. The van der Waals surface area contributed by atoms with Gasteiger partial charge in [0.15, 0.2) is 0 Å². The summed E-state index contributed by atoms with van der Waals surface area (Å²) in [6.07, 6.45) is 1.56. The molecule has 31 heavy (non-hydrogen) atoms. The van der Waals surface area contributed by atoms with Crippen LogP contribution in [0.5, 0.6) is 5.75 Å². The quantitative estimate of drug-likeness (QED) is 0.297. The smallest absolute Gasteiger partial charge is 0.234 e. The number of phenolic OH excluding ortho intramolecular Hbond substituents is 1. The van der Waals surface area contributed by atoms with Crippen LogP contribution in [0.4, 0.5) is 0 Å². The molecule has 0 aliphatic rings. The summed E-state index contributed by atoms with van der Waals surface area (Å²) in [5.41, 5.74) is 5.36. The maximum Gasteiger partial charge on any atom is 0.234 e. The number of rotatable bonds is 6. The van der Waals surface area contributed by atoms with E-state index >= 15 is 0 Å². The SMILES string of the molecule is CC(C)(C)CC(C)(C)c1cc(CCC(=O)NN)cc(-n2nc3ccc(Cl)cc3n2)c1O. The second-order valence-corrected chi connectivity index (χ2v) is 10.3. The fourth-order valence-electron chi connectivity index (χ4n) is 4.24. The Balaban J connectivity index is 2.15. The molecule has 0 saturated heterocycles. The van der Waals surface area contributed by atoms with Gasteiger partial charge in [-0.05, 0) is 53.5 Å². The summed E-state index contributed by atoms with van der Waals surface area (Å²) >= 11 is 6.09. The number of phenols is 1. The Kier molecular flexibility index (Phi) is 6.30. The molecule has 0 spiro atoms. The number of halogens is 1. The molecule has 0 aliphatic carbocycles. The molecule has 1 amide bonds. The Morgan fingerprint density at radius 1 is 1.13 bits per heavy atom. The number of aromatic nitrogens is 3. The third-order valence-electron chi connectivity index (χ3n) is 5.21. The molecule has 2 aromatic carbocycles. The average Bonchev–Trinajstić information content (AvgIpc) is 3.07. The number of hydrogen-bond acceptors (Lipinski definition) is 5. The number of benzene rings is 2. The predicted molar refractivity (Wildman–Crippen MR) is 123 cm³/mol. The van der Waals surface area contributed by atoms with Gasteiger partial charge in [-0.15, -0.1) is 15.0 Å². The minimum atomic E-state index is -0.320. The molecule has 166 valence electrons. The number of carbonyl (C=O) groups is 1. The molecule has 4 N–H and O–H groups in total. The lowest BCUT2D eigenvalue weighted by Crippen LogP contribution is -2.30. The Bertz CT molecular complexity index is 1120. The van der Waals surface area contributed by atoms with E-state index in [0.717, 1.165) is 17.5 Å². The van der Waals surface area contributed by atoms with Crippen LogP contribution in [0.25, 0.3) is 16.7 Å². The first-order chi connectivity index (χ1) is 14.4. The number of nitrogens with one attached hydrogen (secondary N) is 1. The minimum Gasteiger partial charge on any atom is -0.505 e. The van der Waals surface area contributed by atoms with Crippen LogP contribution in [0.2, 0.25) is 5.02 Å². The molecule has 7 nitrogen and oxygen atoms in total. The van der Waals surface area contributed by atoms with Crippen LogP contribution in [0, 0.1) is 5.41 Å². The van der Waals surface area contributed by atoms with Crippen molar-refractivity contribution in [3.8, 4) is 11.4 Å². The molecule has 8 heteroatoms. The Morgan fingerprint density at radius 3 is 2.45 bits per heavy atom. The first-order valence-electron chi connectivity index (χ1n) is 10.3. The van der Waals surface area contributed by atoms with Gasteiger partial charge >= 0.3 is 0 Å². The number of aryl methyl sites for hydroxylation is 1. The molecule has 0 unspecified atom stereocenters. The van der Waals surface area contributed by atoms with Gasteiger partial charge < -0.3 is 5.11 Å². The lowest BCUT2D eigenvalue weighted by molar-refractivity contribution is -0.121. The summed E-state index contributed by atoms with van der Waals surface area (Å²) in [6, 6.07) is 9.06. The van der Waals surface area contributed by atoms with Crippen molar-refractivity contribution in [3.05, 3.63) is 46.5 Å². The zero-order valence-corrected chi connectivity index (χ0v) is 19.4. The van der Waals surface area contributed by atoms with E-state index in [0.29, 0.717) is 28.2 Å². The van der Waals surface area contributed by atoms with Gasteiger partial charge in [0, 0.05) is 17.0 Å². The van der Waals surface area contributed by atoms with Crippen molar-refractivity contribution in [2.75, 3.05) is 0 Å². The Hall–Kier alpha value is -2.64. The molecule has 0 bridgehead atoms. The third-order valence-corrected chi connectivity index (χ3v) is 5.45. The highest BCUT2D eigenvalue weighted by atomic mass is 35.5. The highest BCUT2D eigenvalue weighted by Crippen LogP contribution is 2.42.